The predicted octanol–water partition coefficient (Wildman–Crippen LogP) is 2.68. The molecule has 0 unspecified atom stereocenters. The van der Waals surface area contributed by atoms with Gasteiger partial charge >= 0.3 is 0 Å². The van der Waals surface area contributed by atoms with Crippen LogP contribution < -0.4 is 11.1 Å². The summed E-state index contributed by atoms with van der Waals surface area (Å²) in [6, 6.07) is 6.62. The minimum Gasteiger partial charge on any atom is -0.409 e. The number of nitrogens with zero attached hydrogens (tertiary/aromatic N) is 1. The van der Waals surface area contributed by atoms with Crippen molar-refractivity contribution < 1.29 is 10.0 Å². The van der Waals surface area contributed by atoms with Gasteiger partial charge in [0.05, 0.1) is 12.1 Å². The van der Waals surface area contributed by atoms with Crippen molar-refractivity contribution in [1.82, 2.24) is 0 Å². The molecule has 0 spiro atoms. The van der Waals surface area contributed by atoms with Gasteiger partial charge in [-0.25, -0.2) is 0 Å². The second kappa shape index (κ2) is 6.40. The molecule has 2 rings (SSSR count). The molecule has 0 aliphatic heterocycles. The van der Waals surface area contributed by atoms with Crippen molar-refractivity contribution in [1.29, 1.82) is 0 Å². The van der Waals surface area contributed by atoms with Crippen LogP contribution in [0.3, 0.4) is 0 Å². The molecule has 0 saturated heterocycles. The summed E-state index contributed by atoms with van der Waals surface area (Å²) in [6.45, 7) is 0. The molecule has 0 bridgehead atoms. The number of nitrogens with two attached hydrogens (primary N) is 1. The molecular formula is C13H12ClN3O2S. The number of benzene rings is 1. The lowest BCUT2D eigenvalue weighted by Crippen LogP contribution is -2.20. The van der Waals surface area contributed by atoms with E-state index >= 15 is 0 Å². The number of rotatable bonds is 4. The van der Waals surface area contributed by atoms with Gasteiger partial charge in [0.25, 0.3) is 0 Å². The number of hydrogen-bond acceptors (Lipinski definition) is 4. The Hall–Kier alpha value is -2.05. The Morgan fingerprint density at radius 1 is 1.45 bits per heavy atom. The van der Waals surface area contributed by atoms with E-state index in [9.17, 15) is 4.79 Å². The Labute approximate surface area is 124 Å². The highest BCUT2D eigenvalue weighted by Crippen LogP contribution is 2.21. The first kappa shape index (κ1) is 14.4. The fourth-order valence-corrected chi connectivity index (χ4v) is 2.51. The molecule has 7 heteroatoms. The first-order valence-electron chi connectivity index (χ1n) is 5.68. The van der Waals surface area contributed by atoms with E-state index in [0.717, 1.165) is 5.56 Å². The molecule has 0 aliphatic carbocycles. The van der Waals surface area contributed by atoms with E-state index in [4.69, 9.17) is 22.5 Å². The fraction of sp³-hybridized carbons (Fsp3) is 0.0769. The smallest absolute Gasteiger partial charge is 0.228 e. The van der Waals surface area contributed by atoms with Crippen molar-refractivity contribution in [2.75, 3.05) is 5.32 Å². The van der Waals surface area contributed by atoms with E-state index in [2.05, 4.69) is 10.5 Å². The van der Waals surface area contributed by atoms with Gasteiger partial charge in [-0.1, -0.05) is 16.8 Å². The zero-order chi connectivity index (χ0) is 14.5. The van der Waals surface area contributed by atoms with Crippen molar-refractivity contribution in [3.8, 4) is 0 Å². The third-order valence-corrected chi connectivity index (χ3v) is 3.55. The maximum Gasteiger partial charge on any atom is 0.228 e. The minimum absolute atomic E-state index is 0.0903. The van der Waals surface area contributed by atoms with Crippen LogP contribution in [0.15, 0.2) is 40.2 Å². The van der Waals surface area contributed by atoms with E-state index in [1.54, 1.807) is 18.2 Å². The third-order valence-electron chi connectivity index (χ3n) is 2.58. The zero-order valence-corrected chi connectivity index (χ0v) is 11.9. The zero-order valence-electron chi connectivity index (χ0n) is 10.3. The molecule has 1 heterocycles. The van der Waals surface area contributed by atoms with Gasteiger partial charge in [0, 0.05) is 10.6 Å². The molecular weight excluding hydrogens is 298 g/mol. The molecule has 1 amide bonds. The number of anilines is 1. The fourth-order valence-electron chi connectivity index (χ4n) is 1.67. The van der Waals surface area contributed by atoms with Crippen LogP contribution in [0.5, 0.6) is 0 Å². The van der Waals surface area contributed by atoms with Gasteiger partial charge in [-0.15, -0.1) is 0 Å². The molecule has 104 valence electrons. The summed E-state index contributed by atoms with van der Waals surface area (Å²) in [5, 5.41) is 18.7. The maximum absolute atomic E-state index is 12.0. The third kappa shape index (κ3) is 3.49. The van der Waals surface area contributed by atoms with Crippen molar-refractivity contribution in [3.63, 3.8) is 0 Å². The van der Waals surface area contributed by atoms with Crippen LogP contribution in [0.4, 0.5) is 5.69 Å². The predicted molar refractivity (Wildman–Crippen MR) is 80.6 cm³/mol. The molecule has 1 aromatic carbocycles. The highest BCUT2D eigenvalue weighted by atomic mass is 35.5. The van der Waals surface area contributed by atoms with Crippen molar-refractivity contribution >= 4 is 40.4 Å². The van der Waals surface area contributed by atoms with Gasteiger partial charge in [-0.3, -0.25) is 4.79 Å². The van der Waals surface area contributed by atoms with Crippen LogP contribution in [-0.2, 0) is 11.2 Å². The Morgan fingerprint density at radius 3 is 2.90 bits per heavy atom. The molecule has 0 radical (unpaired) electrons. The molecule has 0 saturated carbocycles. The van der Waals surface area contributed by atoms with Crippen molar-refractivity contribution in [2.45, 2.75) is 6.42 Å². The van der Waals surface area contributed by atoms with Gasteiger partial charge in [0.2, 0.25) is 5.91 Å². The Kier molecular flexibility index (Phi) is 4.60. The summed E-state index contributed by atoms with van der Waals surface area (Å²) in [4.78, 5) is 12.0. The summed E-state index contributed by atoms with van der Waals surface area (Å²) in [5.41, 5.74) is 7.32. The molecule has 0 fully saturated rings. The average Bonchev–Trinajstić information content (AvgIpc) is 2.90. The second-order valence-electron chi connectivity index (χ2n) is 4.03. The molecule has 1 aromatic heterocycles. The molecule has 2 aromatic rings. The Bertz CT molecular complexity index is 641. The standard InChI is InChI=1S/C13H12ClN3O2S/c14-9-1-2-10(13(15)17-19)11(6-9)16-12(18)5-8-3-4-20-7-8/h1-4,6-7,19H,5H2,(H2,15,17)(H,16,18). The Balaban J connectivity index is 2.19. The van der Waals surface area contributed by atoms with E-state index in [-0.39, 0.29) is 18.2 Å². The van der Waals surface area contributed by atoms with E-state index in [1.807, 2.05) is 16.8 Å². The van der Waals surface area contributed by atoms with Gasteiger partial charge in [-0.2, -0.15) is 11.3 Å². The van der Waals surface area contributed by atoms with E-state index in [1.165, 1.54) is 11.3 Å². The van der Waals surface area contributed by atoms with Gasteiger partial charge < -0.3 is 16.3 Å². The SMILES string of the molecule is NC(=NO)c1ccc(Cl)cc1NC(=O)Cc1ccsc1. The van der Waals surface area contributed by atoms with Crippen LogP contribution in [0.1, 0.15) is 11.1 Å². The van der Waals surface area contributed by atoms with Gasteiger partial charge in [0.1, 0.15) is 0 Å². The summed E-state index contributed by atoms with van der Waals surface area (Å²) < 4.78 is 0. The van der Waals surface area contributed by atoms with E-state index in [0.29, 0.717) is 16.3 Å². The molecule has 5 nitrogen and oxygen atoms in total. The monoisotopic (exact) mass is 309 g/mol. The Morgan fingerprint density at radius 2 is 2.25 bits per heavy atom. The van der Waals surface area contributed by atoms with E-state index < -0.39 is 0 Å². The first-order chi connectivity index (χ1) is 9.60. The number of hydrogen-bond donors (Lipinski definition) is 3. The van der Waals surface area contributed by atoms with Crippen LogP contribution in [-0.4, -0.2) is 17.0 Å². The highest BCUT2D eigenvalue weighted by molar-refractivity contribution is 7.08. The number of carbonyl (C=O) groups is 1. The summed E-state index contributed by atoms with van der Waals surface area (Å²) in [5.74, 6) is -0.287. The second-order valence-corrected chi connectivity index (χ2v) is 5.25. The number of amidine groups is 1. The molecule has 4 N–H and O–H groups in total. The van der Waals surface area contributed by atoms with Crippen LogP contribution in [0, 0.1) is 0 Å². The summed E-state index contributed by atoms with van der Waals surface area (Å²) in [6.07, 6.45) is 0.256. The molecule has 20 heavy (non-hydrogen) atoms. The largest absolute Gasteiger partial charge is 0.409 e. The number of carbonyl (C=O) groups excluding carboxylic acids is 1. The topological polar surface area (TPSA) is 87.7 Å². The summed E-state index contributed by atoms with van der Waals surface area (Å²) >= 11 is 7.43. The average molecular weight is 310 g/mol. The highest BCUT2D eigenvalue weighted by Gasteiger charge is 2.11. The normalized spacial score (nSPS) is 11.3. The number of thiophene rings is 1. The van der Waals surface area contributed by atoms with Crippen LogP contribution in [0.2, 0.25) is 5.02 Å². The van der Waals surface area contributed by atoms with Crippen molar-refractivity contribution in [2.24, 2.45) is 10.9 Å². The lowest BCUT2D eigenvalue weighted by molar-refractivity contribution is -0.115. The minimum atomic E-state index is -0.197. The first-order valence-corrected chi connectivity index (χ1v) is 7.00. The number of halogens is 1. The molecule has 0 atom stereocenters. The number of oxime groups is 1. The molecule has 0 aliphatic rings. The van der Waals surface area contributed by atoms with Gasteiger partial charge in [0.15, 0.2) is 5.84 Å². The van der Waals surface area contributed by atoms with Crippen LogP contribution >= 0.6 is 22.9 Å². The number of nitrogens with one attached hydrogen (secondary N) is 1. The van der Waals surface area contributed by atoms with Crippen molar-refractivity contribution in [3.05, 3.63) is 51.2 Å². The van der Waals surface area contributed by atoms with Crippen LogP contribution in [0.25, 0.3) is 0 Å². The number of amides is 1. The quantitative estimate of drug-likeness (QED) is 0.351. The summed E-state index contributed by atoms with van der Waals surface area (Å²) in [7, 11) is 0. The van der Waals surface area contributed by atoms with Gasteiger partial charge in [-0.05, 0) is 40.6 Å². The lowest BCUT2D eigenvalue weighted by Gasteiger charge is -2.10. The maximum atomic E-state index is 12.0. The lowest BCUT2D eigenvalue weighted by atomic mass is 10.1.